The summed E-state index contributed by atoms with van der Waals surface area (Å²) < 4.78 is 13.3. The van der Waals surface area contributed by atoms with Crippen LogP contribution in [0.1, 0.15) is 10.4 Å². The summed E-state index contributed by atoms with van der Waals surface area (Å²) in [4.78, 5) is 17.2. The fraction of sp³-hybridized carbons (Fsp3) is 0.143. The first-order valence-corrected chi connectivity index (χ1v) is 5.65. The minimum absolute atomic E-state index is 0.0563. The first-order valence-electron chi connectivity index (χ1n) is 5.65. The molecule has 0 aliphatic carbocycles. The standard InChI is InChI=1S/C14H13FN2O2/c1-17(2)13-6-3-9(8-16-13)12-7-10(15)4-5-11(12)14(18)19/h3-8H,1-2H3,(H,18,19). The molecule has 0 fully saturated rings. The number of aromatic carboxylic acids is 1. The van der Waals surface area contributed by atoms with Gasteiger partial charge < -0.3 is 10.0 Å². The number of pyridine rings is 1. The topological polar surface area (TPSA) is 53.4 Å². The highest BCUT2D eigenvalue weighted by atomic mass is 19.1. The lowest BCUT2D eigenvalue weighted by atomic mass is 10.0. The van der Waals surface area contributed by atoms with Crippen LogP contribution in [0.5, 0.6) is 0 Å². The van der Waals surface area contributed by atoms with Gasteiger partial charge >= 0.3 is 5.97 Å². The van der Waals surface area contributed by atoms with Crippen molar-refractivity contribution >= 4 is 11.8 Å². The number of nitrogens with zero attached hydrogens (tertiary/aromatic N) is 2. The molecule has 0 aliphatic heterocycles. The number of hydrogen-bond donors (Lipinski definition) is 1. The Kier molecular flexibility index (Phi) is 3.46. The maximum atomic E-state index is 13.3. The van der Waals surface area contributed by atoms with E-state index in [0.29, 0.717) is 11.1 Å². The van der Waals surface area contributed by atoms with E-state index in [-0.39, 0.29) is 5.56 Å². The molecule has 0 bridgehead atoms. The van der Waals surface area contributed by atoms with Crippen LogP contribution in [0.4, 0.5) is 10.2 Å². The number of carboxylic acid groups (broad SMARTS) is 1. The van der Waals surface area contributed by atoms with E-state index in [1.807, 2.05) is 19.0 Å². The van der Waals surface area contributed by atoms with E-state index in [2.05, 4.69) is 4.98 Å². The average molecular weight is 260 g/mol. The predicted molar refractivity (Wildman–Crippen MR) is 70.9 cm³/mol. The molecule has 19 heavy (non-hydrogen) atoms. The van der Waals surface area contributed by atoms with Crippen molar-refractivity contribution in [3.8, 4) is 11.1 Å². The van der Waals surface area contributed by atoms with E-state index in [9.17, 15) is 9.18 Å². The monoisotopic (exact) mass is 260 g/mol. The number of carboxylic acids is 1. The zero-order chi connectivity index (χ0) is 14.0. The Labute approximate surface area is 110 Å². The summed E-state index contributed by atoms with van der Waals surface area (Å²) >= 11 is 0. The lowest BCUT2D eigenvalue weighted by Gasteiger charge is -2.12. The minimum Gasteiger partial charge on any atom is -0.478 e. The maximum Gasteiger partial charge on any atom is 0.336 e. The van der Waals surface area contributed by atoms with Crippen LogP contribution in [0.15, 0.2) is 36.5 Å². The Morgan fingerprint density at radius 3 is 2.53 bits per heavy atom. The zero-order valence-electron chi connectivity index (χ0n) is 10.6. The highest BCUT2D eigenvalue weighted by Gasteiger charge is 2.13. The van der Waals surface area contributed by atoms with Crippen LogP contribution in [0.25, 0.3) is 11.1 Å². The molecular formula is C14H13FN2O2. The van der Waals surface area contributed by atoms with Crippen molar-refractivity contribution in [2.24, 2.45) is 0 Å². The van der Waals surface area contributed by atoms with Gasteiger partial charge in [-0.1, -0.05) is 0 Å². The largest absolute Gasteiger partial charge is 0.478 e. The van der Waals surface area contributed by atoms with Gasteiger partial charge in [0.05, 0.1) is 5.56 Å². The molecule has 0 amide bonds. The molecule has 98 valence electrons. The van der Waals surface area contributed by atoms with Crippen LogP contribution in [0.2, 0.25) is 0 Å². The SMILES string of the molecule is CN(C)c1ccc(-c2cc(F)ccc2C(=O)O)cn1. The molecule has 4 nitrogen and oxygen atoms in total. The van der Waals surface area contributed by atoms with Crippen LogP contribution in [-0.2, 0) is 0 Å². The van der Waals surface area contributed by atoms with Gasteiger partial charge in [-0.15, -0.1) is 0 Å². The molecule has 0 radical (unpaired) electrons. The molecule has 5 heteroatoms. The molecule has 0 unspecified atom stereocenters. The Morgan fingerprint density at radius 2 is 2.00 bits per heavy atom. The minimum atomic E-state index is -1.09. The summed E-state index contributed by atoms with van der Waals surface area (Å²) in [5.41, 5.74) is 0.952. The van der Waals surface area contributed by atoms with Gasteiger partial charge in [-0.2, -0.15) is 0 Å². The number of carbonyl (C=O) groups is 1. The predicted octanol–water partition coefficient (Wildman–Crippen LogP) is 2.65. The summed E-state index contributed by atoms with van der Waals surface area (Å²) in [6.45, 7) is 0. The van der Waals surface area contributed by atoms with E-state index >= 15 is 0 Å². The molecule has 0 saturated heterocycles. The third-order valence-electron chi connectivity index (χ3n) is 2.73. The smallest absolute Gasteiger partial charge is 0.336 e. The summed E-state index contributed by atoms with van der Waals surface area (Å²) in [6.07, 6.45) is 1.54. The van der Waals surface area contributed by atoms with Crippen molar-refractivity contribution < 1.29 is 14.3 Å². The fourth-order valence-corrected chi connectivity index (χ4v) is 1.75. The third-order valence-corrected chi connectivity index (χ3v) is 2.73. The second kappa shape index (κ2) is 5.06. The second-order valence-electron chi connectivity index (χ2n) is 4.29. The maximum absolute atomic E-state index is 13.3. The number of halogens is 1. The molecular weight excluding hydrogens is 247 g/mol. The van der Waals surface area contributed by atoms with Gasteiger partial charge in [-0.3, -0.25) is 0 Å². The first-order chi connectivity index (χ1) is 8.99. The van der Waals surface area contributed by atoms with Crippen LogP contribution in [0, 0.1) is 5.82 Å². The Morgan fingerprint density at radius 1 is 1.26 bits per heavy atom. The summed E-state index contributed by atoms with van der Waals surface area (Å²) in [6, 6.07) is 7.08. The van der Waals surface area contributed by atoms with Gasteiger partial charge in [-0.05, 0) is 30.3 Å². The third kappa shape index (κ3) is 2.70. The number of benzene rings is 1. The van der Waals surface area contributed by atoms with Gasteiger partial charge in [-0.25, -0.2) is 14.2 Å². The molecule has 0 spiro atoms. The van der Waals surface area contributed by atoms with Crippen molar-refractivity contribution in [3.63, 3.8) is 0 Å². The Bertz CT molecular complexity index is 609. The number of rotatable bonds is 3. The quantitative estimate of drug-likeness (QED) is 0.921. The van der Waals surface area contributed by atoms with Crippen molar-refractivity contribution in [2.45, 2.75) is 0 Å². The van der Waals surface area contributed by atoms with E-state index in [4.69, 9.17) is 5.11 Å². The zero-order valence-corrected chi connectivity index (χ0v) is 10.6. The molecule has 0 atom stereocenters. The molecule has 1 aromatic heterocycles. The molecule has 0 saturated carbocycles. The molecule has 2 aromatic rings. The van der Waals surface area contributed by atoms with Crippen LogP contribution >= 0.6 is 0 Å². The molecule has 1 aromatic carbocycles. The highest BCUT2D eigenvalue weighted by Crippen LogP contribution is 2.25. The van der Waals surface area contributed by atoms with E-state index in [0.717, 1.165) is 11.9 Å². The van der Waals surface area contributed by atoms with Crippen LogP contribution < -0.4 is 4.90 Å². The number of hydrogen-bond acceptors (Lipinski definition) is 3. The fourth-order valence-electron chi connectivity index (χ4n) is 1.75. The van der Waals surface area contributed by atoms with Gasteiger partial charge in [0, 0.05) is 31.4 Å². The Balaban J connectivity index is 2.51. The van der Waals surface area contributed by atoms with Crippen molar-refractivity contribution in [2.75, 3.05) is 19.0 Å². The molecule has 1 N–H and O–H groups in total. The average Bonchev–Trinajstić information content (AvgIpc) is 2.38. The molecule has 0 aliphatic rings. The normalized spacial score (nSPS) is 10.3. The summed E-state index contributed by atoms with van der Waals surface area (Å²) in [5, 5.41) is 9.11. The lowest BCUT2D eigenvalue weighted by molar-refractivity contribution is 0.0697. The highest BCUT2D eigenvalue weighted by molar-refractivity contribution is 5.95. The number of aromatic nitrogens is 1. The van der Waals surface area contributed by atoms with Gasteiger partial charge in [0.1, 0.15) is 11.6 Å². The van der Waals surface area contributed by atoms with Gasteiger partial charge in [0.15, 0.2) is 0 Å². The van der Waals surface area contributed by atoms with Crippen molar-refractivity contribution in [3.05, 3.63) is 47.9 Å². The number of anilines is 1. The second-order valence-corrected chi connectivity index (χ2v) is 4.29. The van der Waals surface area contributed by atoms with Crippen molar-refractivity contribution in [1.82, 2.24) is 4.98 Å². The van der Waals surface area contributed by atoms with Crippen LogP contribution in [0.3, 0.4) is 0 Å². The summed E-state index contributed by atoms with van der Waals surface area (Å²) in [7, 11) is 3.71. The van der Waals surface area contributed by atoms with E-state index in [1.54, 1.807) is 12.1 Å². The summed E-state index contributed by atoms with van der Waals surface area (Å²) in [5.74, 6) is -0.819. The molecule has 2 rings (SSSR count). The van der Waals surface area contributed by atoms with E-state index < -0.39 is 11.8 Å². The van der Waals surface area contributed by atoms with Crippen molar-refractivity contribution in [1.29, 1.82) is 0 Å². The molecule has 1 heterocycles. The lowest BCUT2D eigenvalue weighted by Crippen LogP contribution is -2.10. The van der Waals surface area contributed by atoms with Gasteiger partial charge in [0.25, 0.3) is 0 Å². The van der Waals surface area contributed by atoms with E-state index in [1.165, 1.54) is 18.3 Å². The first kappa shape index (κ1) is 13.0. The van der Waals surface area contributed by atoms with Gasteiger partial charge in [0.2, 0.25) is 0 Å². The Hall–Kier alpha value is -2.43. The van der Waals surface area contributed by atoms with Crippen LogP contribution in [-0.4, -0.2) is 30.2 Å².